The molecule has 1 amide bonds. The van der Waals surface area contributed by atoms with E-state index in [-0.39, 0.29) is 5.91 Å². The lowest BCUT2D eigenvalue weighted by Gasteiger charge is -2.28. The van der Waals surface area contributed by atoms with Gasteiger partial charge in [0, 0.05) is 52.6 Å². The van der Waals surface area contributed by atoms with Gasteiger partial charge in [0.05, 0.1) is 28.9 Å². The standard InChI is InChI=1S/C25H20N6O2S2/c32-25(20-14-34-15-27-20)28-18-5-1-3-16(11-18)23-29-19-12-21(17-4-2-6-26-13-17)35-22(19)24(30-23)31-7-9-33-10-8-31/h1-6,11-15H,7-10H2,(H,28,32). The van der Waals surface area contributed by atoms with Crippen molar-refractivity contribution in [1.82, 2.24) is 19.9 Å². The number of pyridine rings is 1. The van der Waals surface area contributed by atoms with E-state index in [2.05, 4.69) is 32.3 Å². The lowest BCUT2D eigenvalue weighted by molar-refractivity contribution is 0.102. The van der Waals surface area contributed by atoms with E-state index in [1.165, 1.54) is 11.3 Å². The molecule has 6 rings (SSSR count). The Morgan fingerprint density at radius 2 is 1.94 bits per heavy atom. The van der Waals surface area contributed by atoms with Gasteiger partial charge in [-0.25, -0.2) is 15.0 Å². The van der Waals surface area contributed by atoms with Crippen LogP contribution in [0.2, 0.25) is 0 Å². The summed E-state index contributed by atoms with van der Waals surface area (Å²) in [7, 11) is 0. The van der Waals surface area contributed by atoms with Crippen LogP contribution in [0, 0.1) is 0 Å². The Morgan fingerprint density at radius 1 is 1.06 bits per heavy atom. The topological polar surface area (TPSA) is 93.1 Å². The first kappa shape index (κ1) is 21.8. The maximum atomic E-state index is 12.5. The molecular weight excluding hydrogens is 480 g/mol. The molecule has 0 atom stereocenters. The van der Waals surface area contributed by atoms with Gasteiger partial charge in [0.2, 0.25) is 0 Å². The third-order valence-corrected chi connectivity index (χ3v) is 7.41. The van der Waals surface area contributed by atoms with Gasteiger partial charge in [-0.3, -0.25) is 9.78 Å². The number of ether oxygens (including phenoxy) is 1. The molecule has 0 saturated carbocycles. The van der Waals surface area contributed by atoms with Gasteiger partial charge in [-0.2, -0.15) is 0 Å². The molecule has 1 aliphatic rings. The molecule has 1 aromatic carbocycles. The molecule has 10 heteroatoms. The number of aromatic nitrogens is 4. The molecule has 5 aromatic rings. The zero-order chi connectivity index (χ0) is 23.6. The number of rotatable bonds is 5. The second-order valence-corrected chi connectivity index (χ2v) is 9.72. The average molecular weight is 501 g/mol. The number of carbonyl (C=O) groups excluding carboxylic acids is 1. The molecule has 0 radical (unpaired) electrons. The third-order valence-electron chi connectivity index (χ3n) is 5.65. The number of hydrogen-bond acceptors (Lipinski definition) is 9. The number of amides is 1. The van der Waals surface area contributed by atoms with Gasteiger partial charge < -0.3 is 15.0 Å². The normalized spacial score (nSPS) is 13.8. The van der Waals surface area contributed by atoms with Crippen LogP contribution < -0.4 is 10.2 Å². The Hall–Kier alpha value is -3.73. The second kappa shape index (κ2) is 9.49. The minimum absolute atomic E-state index is 0.243. The SMILES string of the molecule is O=C(Nc1cccc(-c2nc(N3CCOCC3)c3sc(-c4cccnc4)cc3n2)c1)c1cscn1. The summed E-state index contributed by atoms with van der Waals surface area (Å²) in [5, 5.41) is 4.64. The van der Waals surface area contributed by atoms with Crippen LogP contribution in [0.15, 0.2) is 65.7 Å². The number of benzene rings is 1. The minimum Gasteiger partial charge on any atom is -0.378 e. The summed E-state index contributed by atoms with van der Waals surface area (Å²) in [5.41, 5.74) is 5.47. The fourth-order valence-electron chi connectivity index (χ4n) is 3.94. The van der Waals surface area contributed by atoms with E-state index in [1.807, 2.05) is 36.5 Å². The fraction of sp³-hybridized carbons (Fsp3) is 0.160. The Morgan fingerprint density at radius 3 is 2.74 bits per heavy atom. The molecule has 0 unspecified atom stereocenters. The molecule has 1 fully saturated rings. The maximum Gasteiger partial charge on any atom is 0.275 e. The molecule has 8 nitrogen and oxygen atoms in total. The number of carbonyl (C=O) groups is 1. The summed E-state index contributed by atoms with van der Waals surface area (Å²) < 4.78 is 6.62. The van der Waals surface area contributed by atoms with E-state index in [4.69, 9.17) is 14.7 Å². The largest absolute Gasteiger partial charge is 0.378 e. The van der Waals surface area contributed by atoms with E-state index >= 15 is 0 Å². The van der Waals surface area contributed by atoms with Crippen molar-refractivity contribution in [2.75, 3.05) is 36.5 Å². The van der Waals surface area contributed by atoms with Crippen LogP contribution in [-0.4, -0.2) is 52.1 Å². The molecule has 1 saturated heterocycles. The average Bonchev–Trinajstić information content (AvgIpc) is 3.60. The monoisotopic (exact) mass is 500 g/mol. The summed E-state index contributed by atoms with van der Waals surface area (Å²) in [4.78, 5) is 34.1. The molecule has 4 aromatic heterocycles. The Kier molecular flexibility index (Phi) is 5.91. The van der Waals surface area contributed by atoms with Crippen molar-refractivity contribution in [3.8, 4) is 21.8 Å². The number of hydrogen-bond donors (Lipinski definition) is 1. The van der Waals surface area contributed by atoms with Gasteiger partial charge in [0.1, 0.15) is 5.69 Å². The van der Waals surface area contributed by atoms with E-state index < -0.39 is 0 Å². The number of thiazole rings is 1. The first-order chi connectivity index (χ1) is 17.2. The van der Waals surface area contributed by atoms with E-state index in [0.717, 1.165) is 45.1 Å². The van der Waals surface area contributed by atoms with Gasteiger partial charge in [0.25, 0.3) is 5.91 Å². The molecule has 0 aliphatic carbocycles. The van der Waals surface area contributed by atoms with Gasteiger partial charge in [-0.1, -0.05) is 18.2 Å². The maximum absolute atomic E-state index is 12.5. The number of fused-ring (bicyclic) bond motifs is 1. The van der Waals surface area contributed by atoms with E-state index in [0.29, 0.717) is 30.4 Å². The highest BCUT2D eigenvalue weighted by molar-refractivity contribution is 7.22. The highest BCUT2D eigenvalue weighted by atomic mass is 32.1. The molecule has 174 valence electrons. The lowest BCUT2D eigenvalue weighted by Crippen LogP contribution is -2.36. The number of nitrogens with one attached hydrogen (secondary N) is 1. The number of anilines is 2. The van der Waals surface area contributed by atoms with E-state index in [9.17, 15) is 4.79 Å². The lowest BCUT2D eigenvalue weighted by atomic mass is 10.1. The Labute approximate surface area is 209 Å². The van der Waals surface area contributed by atoms with Crippen LogP contribution in [0.5, 0.6) is 0 Å². The quantitative estimate of drug-likeness (QED) is 0.364. The van der Waals surface area contributed by atoms with Crippen molar-refractivity contribution < 1.29 is 9.53 Å². The molecular formula is C25H20N6O2S2. The Bertz CT molecular complexity index is 1480. The van der Waals surface area contributed by atoms with E-state index in [1.54, 1.807) is 28.4 Å². The van der Waals surface area contributed by atoms with Crippen molar-refractivity contribution in [2.45, 2.75) is 0 Å². The molecule has 1 N–H and O–H groups in total. The highest BCUT2D eigenvalue weighted by Gasteiger charge is 2.21. The summed E-state index contributed by atoms with van der Waals surface area (Å²) in [5.74, 6) is 1.28. The van der Waals surface area contributed by atoms with Crippen LogP contribution >= 0.6 is 22.7 Å². The van der Waals surface area contributed by atoms with Crippen molar-refractivity contribution in [1.29, 1.82) is 0 Å². The first-order valence-corrected chi connectivity index (χ1v) is 12.9. The first-order valence-electron chi connectivity index (χ1n) is 11.1. The molecule has 5 heterocycles. The predicted octanol–water partition coefficient (Wildman–Crippen LogP) is 4.97. The smallest absolute Gasteiger partial charge is 0.275 e. The van der Waals surface area contributed by atoms with Crippen LogP contribution in [0.4, 0.5) is 11.5 Å². The summed E-state index contributed by atoms with van der Waals surface area (Å²) >= 11 is 3.06. The summed E-state index contributed by atoms with van der Waals surface area (Å²) in [6.45, 7) is 2.88. The molecule has 0 spiro atoms. The fourth-order valence-corrected chi connectivity index (χ4v) is 5.58. The minimum atomic E-state index is -0.243. The van der Waals surface area contributed by atoms with Gasteiger partial charge >= 0.3 is 0 Å². The van der Waals surface area contributed by atoms with Crippen molar-refractivity contribution >= 4 is 50.3 Å². The van der Waals surface area contributed by atoms with Crippen LogP contribution in [0.3, 0.4) is 0 Å². The Balaban J connectivity index is 1.41. The number of morpholine rings is 1. The van der Waals surface area contributed by atoms with Gasteiger partial charge in [-0.15, -0.1) is 22.7 Å². The van der Waals surface area contributed by atoms with Gasteiger partial charge in [-0.05, 0) is 24.3 Å². The third kappa shape index (κ3) is 4.51. The molecule has 0 bridgehead atoms. The summed E-state index contributed by atoms with van der Waals surface area (Å²) in [6, 6.07) is 13.7. The van der Waals surface area contributed by atoms with Crippen LogP contribution in [0.25, 0.3) is 32.0 Å². The zero-order valence-electron chi connectivity index (χ0n) is 18.5. The van der Waals surface area contributed by atoms with Crippen molar-refractivity contribution in [3.05, 3.63) is 71.4 Å². The highest BCUT2D eigenvalue weighted by Crippen LogP contribution is 2.38. The van der Waals surface area contributed by atoms with Crippen LogP contribution in [0.1, 0.15) is 10.5 Å². The molecule has 35 heavy (non-hydrogen) atoms. The van der Waals surface area contributed by atoms with Crippen molar-refractivity contribution in [3.63, 3.8) is 0 Å². The molecule has 1 aliphatic heterocycles. The summed E-state index contributed by atoms with van der Waals surface area (Å²) in [6.07, 6.45) is 3.63. The predicted molar refractivity (Wildman–Crippen MR) is 139 cm³/mol. The van der Waals surface area contributed by atoms with Crippen LogP contribution in [-0.2, 0) is 4.74 Å². The second-order valence-electron chi connectivity index (χ2n) is 7.95. The number of nitrogens with zero attached hydrogens (tertiary/aromatic N) is 5. The zero-order valence-corrected chi connectivity index (χ0v) is 20.2. The van der Waals surface area contributed by atoms with Crippen molar-refractivity contribution in [2.24, 2.45) is 0 Å². The van der Waals surface area contributed by atoms with Gasteiger partial charge in [0.15, 0.2) is 11.6 Å². The number of thiophene rings is 1.